The first-order chi connectivity index (χ1) is 33.5. The summed E-state index contributed by atoms with van der Waals surface area (Å²) in [5.74, 6) is -4.17. The summed E-state index contributed by atoms with van der Waals surface area (Å²) in [6, 6.07) is 30.7. The lowest BCUT2D eigenvalue weighted by molar-refractivity contribution is -0.167. The molecule has 0 radical (unpaired) electrons. The molecule has 1 aliphatic carbocycles. The molecule has 1 aliphatic rings. The average Bonchev–Trinajstić information content (AvgIpc) is 3.38. The van der Waals surface area contributed by atoms with E-state index in [4.69, 9.17) is 33.2 Å². The zero-order chi connectivity index (χ0) is 50.8. The molecule has 0 aromatic heterocycles. The highest BCUT2D eigenvalue weighted by Crippen LogP contribution is 2.42. The van der Waals surface area contributed by atoms with E-state index in [0.29, 0.717) is 17.2 Å². The maximum absolute atomic E-state index is 13.2. The molecule has 5 rings (SSSR count). The lowest BCUT2D eigenvalue weighted by Gasteiger charge is -2.33. The maximum Gasteiger partial charge on any atom is 0.330 e. The van der Waals surface area contributed by atoms with E-state index in [0.717, 1.165) is 46.0 Å². The number of carbonyl (C=O) groups is 5. The van der Waals surface area contributed by atoms with E-state index in [1.54, 1.807) is 48.6 Å². The van der Waals surface area contributed by atoms with Gasteiger partial charge < -0.3 is 48.5 Å². The molecule has 0 fully saturated rings. The van der Waals surface area contributed by atoms with Gasteiger partial charge in [0.2, 0.25) is 0 Å². The molecule has 4 aromatic carbocycles. The highest BCUT2D eigenvalue weighted by atomic mass is 16.6. The number of aliphatic hydroxyl groups excluding tert-OH is 2. The SMILES string of the molecule is C=CC(=O)OCC(O)COc1ccc(C(C)(c2ccc(OCC(O)COC(=O)C=C)cc2)c2ccc(C(C)(C)c3ccc(OCC(COC(=O)C=C)OC(=O)C4CC=CCC4C(=O)O)cc3)cc2)cc1. The van der Waals surface area contributed by atoms with Crippen molar-refractivity contribution in [3.05, 3.63) is 175 Å². The molecule has 0 heterocycles. The Morgan fingerprint density at radius 1 is 0.529 bits per heavy atom. The number of aliphatic carboxylic acids is 1. The minimum Gasteiger partial charge on any atom is -0.491 e. The molecule has 0 aliphatic heterocycles. The van der Waals surface area contributed by atoms with E-state index in [1.807, 2.05) is 36.4 Å². The van der Waals surface area contributed by atoms with Gasteiger partial charge in [-0.2, -0.15) is 0 Å². The number of carboxylic acid groups (broad SMARTS) is 1. The number of hydrogen-bond donors (Lipinski definition) is 3. The number of carboxylic acids is 1. The summed E-state index contributed by atoms with van der Waals surface area (Å²) in [5, 5.41) is 30.2. The van der Waals surface area contributed by atoms with Crippen LogP contribution in [0.4, 0.5) is 0 Å². The Kier molecular flexibility index (Phi) is 19.3. The maximum atomic E-state index is 13.2. The summed E-state index contributed by atoms with van der Waals surface area (Å²) in [6.07, 6.45) is 3.80. The van der Waals surface area contributed by atoms with Gasteiger partial charge >= 0.3 is 29.8 Å². The zero-order valence-electron chi connectivity index (χ0n) is 39.5. The molecule has 0 spiro atoms. The fourth-order valence-corrected chi connectivity index (χ4v) is 7.72. The summed E-state index contributed by atoms with van der Waals surface area (Å²) in [6.45, 7) is 15.2. The zero-order valence-corrected chi connectivity index (χ0v) is 39.5. The fraction of sp³-hybridized carbons (Fsp3) is 0.327. The second-order valence-corrected chi connectivity index (χ2v) is 17.2. The van der Waals surface area contributed by atoms with Crippen LogP contribution >= 0.6 is 0 Å². The van der Waals surface area contributed by atoms with E-state index in [1.165, 1.54) is 0 Å². The Morgan fingerprint density at radius 2 is 0.871 bits per heavy atom. The van der Waals surface area contributed by atoms with Crippen molar-refractivity contribution in [1.82, 2.24) is 0 Å². The summed E-state index contributed by atoms with van der Waals surface area (Å²) in [4.78, 5) is 59.7. The van der Waals surface area contributed by atoms with Crippen LogP contribution in [0.25, 0.3) is 0 Å². The summed E-state index contributed by atoms with van der Waals surface area (Å²) in [7, 11) is 0. The Balaban J connectivity index is 1.33. The second-order valence-electron chi connectivity index (χ2n) is 17.2. The van der Waals surface area contributed by atoms with Crippen molar-refractivity contribution in [2.24, 2.45) is 11.8 Å². The van der Waals surface area contributed by atoms with Crippen molar-refractivity contribution < 1.29 is 72.5 Å². The number of ether oxygens (including phenoxy) is 7. The molecule has 4 aromatic rings. The Hall–Kier alpha value is -7.49. The van der Waals surface area contributed by atoms with E-state index in [-0.39, 0.29) is 52.5 Å². The summed E-state index contributed by atoms with van der Waals surface area (Å²) in [5.41, 5.74) is 3.58. The van der Waals surface area contributed by atoms with Crippen molar-refractivity contribution in [2.45, 2.75) is 62.8 Å². The van der Waals surface area contributed by atoms with E-state index < -0.39 is 70.8 Å². The van der Waals surface area contributed by atoms with Gasteiger partial charge in [0.15, 0.2) is 6.10 Å². The largest absolute Gasteiger partial charge is 0.491 e. The average molecular weight is 961 g/mol. The van der Waals surface area contributed by atoms with Crippen LogP contribution in [0.2, 0.25) is 0 Å². The fourth-order valence-electron chi connectivity index (χ4n) is 7.72. The van der Waals surface area contributed by atoms with E-state index in [9.17, 15) is 39.3 Å². The van der Waals surface area contributed by atoms with Gasteiger partial charge in [-0.1, -0.05) is 106 Å². The molecule has 70 heavy (non-hydrogen) atoms. The molecular weight excluding hydrogens is 901 g/mol. The predicted octanol–water partition coefficient (Wildman–Crippen LogP) is 6.99. The van der Waals surface area contributed by atoms with Gasteiger partial charge in [-0.05, 0) is 84.0 Å². The van der Waals surface area contributed by atoms with Crippen LogP contribution in [-0.2, 0) is 53.8 Å². The third kappa shape index (κ3) is 14.5. The smallest absolute Gasteiger partial charge is 0.330 e. The molecule has 3 N–H and O–H groups in total. The molecular formula is C55H60O15. The van der Waals surface area contributed by atoms with E-state index >= 15 is 0 Å². The van der Waals surface area contributed by atoms with Crippen LogP contribution in [-0.4, -0.2) is 103 Å². The molecule has 0 bridgehead atoms. The first-order valence-corrected chi connectivity index (χ1v) is 22.6. The standard InChI is InChI=1S/C55H60O15/c1-7-49(58)67-32-41(56)30-64-43-26-20-39(21-27-43)55(6,40-22-28-44(29-23-40)65-31-42(57)33-68-50(59)8-2)38-16-14-36(15-17-38)54(4,5)37-18-24-45(25-19-37)66-34-46(35-69-51(60)9-3)70-53(63)48-13-11-10-12-47(48)52(61)62/h7-11,14-29,41-42,46-48,56-57H,1-3,12-13,30-35H2,4-6H3,(H,61,62). The molecule has 0 saturated heterocycles. The number of rotatable bonds is 26. The monoisotopic (exact) mass is 960 g/mol. The second kappa shape index (κ2) is 25.2. The van der Waals surface area contributed by atoms with Gasteiger partial charge in [0, 0.05) is 29.1 Å². The Labute approximate surface area is 407 Å². The van der Waals surface area contributed by atoms with Gasteiger partial charge in [-0.15, -0.1) is 0 Å². The van der Waals surface area contributed by atoms with Crippen LogP contribution in [0, 0.1) is 11.8 Å². The number of esters is 4. The van der Waals surface area contributed by atoms with Crippen LogP contribution in [0.1, 0.15) is 61.4 Å². The van der Waals surface area contributed by atoms with Crippen molar-refractivity contribution in [2.75, 3.05) is 39.6 Å². The number of hydrogen-bond acceptors (Lipinski definition) is 14. The summed E-state index contributed by atoms with van der Waals surface area (Å²) < 4.78 is 38.3. The van der Waals surface area contributed by atoms with Gasteiger partial charge in [0.1, 0.15) is 69.1 Å². The first kappa shape index (κ1) is 53.5. The molecule has 0 saturated carbocycles. The number of aliphatic hydroxyl groups is 2. The third-order valence-electron chi connectivity index (χ3n) is 12.0. The Morgan fingerprint density at radius 3 is 1.27 bits per heavy atom. The van der Waals surface area contributed by atoms with E-state index in [2.05, 4.69) is 64.8 Å². The van der Waals surface area contributed by atoms with Crippen LogP contribution < -0.4 is 14.2 Å². The van der Waals surface area contributed by atoms with Crippen molar-refractivity contribution in [3.8, 4) is 17.2 Å². The lowest BCUT2D eigenvalue weighted by atomic mass is 9.70. The minimum atomic E-state index is -1.09. The third-order valence-corrected chi connectivity index (χ3v) is 12.0. The molecule has 0 amide bonds. The number of carbonyl (C=O) groups excluding carboxylic acids is 4. The Bertz CT molecular complexity index is 2380. The van der Waals surface area contributed by atoms with Gasteiger partial charge in [-0.3, -0.25) is 9.59 Å². The predicted molar refractivity (Wildman–Crippen MR) is 258 cm³/mol. The quantitative estimate of drug-likeness (QED) is 0.0190. The molecule has 15 nitrogen and oxygen atoms in total. The highest BCUT2D eigenvalue weighted by Gasteiger charge is 2.37. The number of allylic oxidation sites excluding steroid dienone is 2. The topological polar surface area (TPSA) is 211 Å². The van der Waals surface area contributed by atoms with Crippen LogP contribution in [0.15, 0.2) is 147 Å². The molecule has 5 atom stereocenters. The summed E-state index contributed by atoms with van der Waals surface area (Å²) >= 11 is 0. The highest BCUT2D eigenvalue weighted by molar-refractivity contribution is 5.83. The molecule has 5 unspecified atom stereocenters. The normalized spacial score (nSPS) is 16.4. The van der Waals surface area contributed by atoms with Gasteiger partial charge in [0.05, 0.1) is 11.8 Å². The van der Waals surface area contributed by atoms with Gasteiger partial charge in [0.25, 0.3) is 0 Å². The van der Waals surface area contributed by atoms with Gasteiger partial charge in [-0.25, -0.2) is 14.4 Å². The minimum absolute atomic E-state index is 0.107. The van der Waals surface area contributed by atoms with Crippen molar-refractivity contribution in [1.29, 1.82) is 0 Å². The molecule has 370 valence electrons. The van der Waals surface area contributed by atoms with Crippen molar-refractivity contribution >= 4 is 29.8 Å². The number of benzene rings is 4. The van der Waals surface area contributed by atoms with Crippen LogP contribution in [0.5, 0.6) is 17.2 Å². The first-order valence-electron chi connectivity index (χ1n) is 22.6. The lowest BCUT2D eigenvalue weighted by Crippen LogP contribution is -2.37. The van der Waals surface area contributed by atoms with Crippen molar-refractivity contribution in [3.63, 3.8) is 0 Å². The molecule has 15 heteroatoms. The van der Waals surface area contributed by atoms with Crippen LogP contribution in [0.3, 0.4) is 0 Å².